The molecular weight excluding hydrogens is 1030 g/mol. The minimum atomic E-state index is -4.54. The zero-order chi connectivity index (χ0) is 54.3. The van der Waals surface area contributed by atoms with Gasteiger partial charge in [0.25, 0.3) is 0 Å². The normalized spacial score (nSPS) is 22.8. The van der Waals surface area contributed by atoms with Crippen LogP contribution in [0.25, 0.3) is 22.0 Å². The summed E-state index contributed by atoms with van der Waals surface area (Å²) in [6, 6.07) is 17.9. The first-order chi connectivity index (χ1) is 36.9. The van der Waals surface area contributed by atoms with E-state index >= 15 is 8.78 Å². The lowest BCUT2D eigenvalue weighted by Gasteiger charge is -2.40. The van der Waals surface area contributed by atoms with Crippen molar-refractivity contribution >= 4 is 52.1 Å². The minimum Gasteiger partial charge on any atom is -0.488 e. The van der Waals surface area contributed by atoms with Gasteiger partial charge in [-0.3, -0.25) is 29.3 Å². The molecule has 0 spiro atoms. The molecule has 5 aromatic rings. The van der Waals surface area contributed by atoms with Crippen LogP contribution in [0.2, 0.25) is 5.02 Å². The second kappa shape index (κ2) is 22.2. The third-order valence-electron chi connectivity index (χ3n) is 16.5. The van der Waals surface area contributed by atoms with E-state index in [-0.39, 0.29) is 89.4 Å². The van der Waals surface area contributed by atoms with Crippen LogP contribution in [0.4, 0.5) is 32.6 Å². The maximum Gasteiger partial charge on any atom is 0.408 e. The Morgan fingerprint density at radius 1 is 0.935 bits per heavy atom. The van der Waals surface area contributed by atoms with Crippen molar-refractivity contribution in [2.24, 2.45) is 17.6 Å². The summed E-state index contributed by atoms with van der Waals surface area (Å²) in [5, 5.41) is 19.5. The molecule has 0 bridgehead atoms. The number of nitrogens with one attached hydrogen (secondary N) is 2. The molecule has 5 aliphatic rings. The zero-order valence-corrected chi connectivity index (χ0v) is 43.4. The number of aliphatic hydroxyl groups is 1. The van der Waals surface area contributed by atoms with Gasteiger partial charge in [-0.2, -0.15) is 18.3 Å². The second-order valence-electron chi connectivity index (χ2n) is 21.2. The maximum atomic E-state index is 16.5. The maximum absolute atomic E-state index is 16.5. The number of amides is 5. The highest BCUT2D eigenvalue weighted by Crippen LogP contribution is 2.56. The number of ether oxygens (including phenoxy) is 2. The van der Waals surface area contributed by atoms with Crippen LogP contribution in [-0.2, 0) is 21.7 Å². The summed E-state index contributed by atoms with van der Waals surface area (Å²) in [5.74, 6) is -3.26. The Kier molecular flexibility index (Phi) is 15.6. The van der Waals surface area contributed by atoms with Crippen LogP contribution < -0.4 is 30.7 Å². The van der Waals surface area contributed by atoms with Gasteiger partial charge in [0.2, 0.25) is 17.7 Å². The van der Waals surface area contributed by atoms with Gasteiger partial charge in [-0.05, 0) is 112 Å². The van der Waals surface area contributed by atoms with Crippen molar-refractivity contribution in [1.29, 1.82) is 0 Å². The molecule has 0 radical (unpaired) electrons. The molecule has 15 nitrogen and oxygen atoms in total. The van der Waals surface area contributed by atoms with Gasteiger partial charge in [-0.25, -0.2) is 13.6 Å². The number of rotatable bonds is 15. The summed E-state index contributed by atoms with van der Waals surface area (Å²) in [5.41, 5.74) is 6.37. The molecule has 10 rings (SSSR count). The number of hydrogen-bond acceptors (Lipinski definition) is 10. The summed E-state index contributed by atoms with van der Waals surface area (Å²) in [4.78, 5) is 56.9. The van der Waals surface area contributed by atoms with E-state index in [4.69, 9.17) is 26.8 Å². The molecule has 5 heterocycles. The highest BCUT2D eigenvalue weighted by atomic mass is 35.5. The lowest BCUT2D eigenvalue weighted by molar-refractivity contribution is -0.142. The Hall–Kier alpha value is -6.35. The number of alkyl halides is 3. The average molecular weight is 1090 g/mol. The fourth-order valence-corrected chi connectivity index (χ4v) is 12.7. The van der Waals surface area contributed by atoms with Gasteiger partial charge in [0.1, 0.15) is 24.7 Å². The molecular formula is C56H62ClF5N8O7. The number of halogens is 6. The van der Waals surface area contributed by atoms with Crippen molar-refractivity contribution < 1.29 is 55.7 Å². The number of piperidine rings is 2. The third kappa shape index (κ3) is 10.9. The van der Waals surface area contributed by atoms with Crippen LogP contribution in [0.5, 0.6) is 11.5 Å². The summed E-state index contributed by atoms with van der Waals surface area (Å²) in [6.45, 7) is 4.20. The first kappa shape index (κ1) is 54.0. The van der Waals surface area contributed by atoms with Crippen LogP contribution in [0, 0.1) is 23.5 Å². The molecule has 1 saturated carbocycles. The topological polar surface area (TPSA) is 185 Å². The van der Waals surface area contributed by atoms with Crippen molar-refractivity contribution in [2.45, 2.75) is 101 Å². The number of aromatic nitrogens is 2. The van der Waals surface area contributed by atoms with Crippen LogP contribution in [0.3, 0.4) is 0 Å². The van der Waals surface area contributed by atoms with Gasteiger partial charge >= 0.3 is 12.2 Å². The molecule has 5 N–H and O–H groups in total. The van der Waals surface area contributed by atoms with E-state index in [1.165, 1.54) is 23.1 Å². The Bertz CT molecular complexity index is 3050. The number of hydrogen-bond donors (Lipinski definition) is 4. The molecule has 4 aromatic carbocycles. The fraction of sp³-hybridized carbons (Fsp3) is 0.482. The first-order valence-electron chi connectivity index (χ1n) is 26.5. The number of carbonyl (C=O) groups excluding carboxylic acids is 4. The Labute approximate surface area is 447 Å². The van der Waals surface area contributed by atoms with E-state index < -0.39 is 65.3 Å². The van der Waals surface area contributed by atoms with E-state index in [9.17, 15) is 37.5 Å². The number of imide groups is 1. The Morgan fingerprint density at radius 2 is 1.66 bits per heavy atom. The van der Waals surface area contributed by atoms with Crippen molar-refractivity contribution in [2.75, 3.05) is 63.9 Å². The second-order valence-corrected chi connectivity index (χ2v) is 21.6. The first-order valence-corrected chi connectivity index (χ1v) is 26.9. The van der Waals surface area contributed by atoms with Crippen LogP contribution in [0.1, 0.15) is 104 Å². The highest BCUT2D eigenvalue weighted by Gasteiger charge is 2.50. The standard InChI is InChI=1S/C56H62ClF5N8O7/c1-32-46-44(28-41(58)49(57)48(46)47-40(51(63)73)13-14-43(50(47)59)76-26-25-71)77-55(32,37-5-3-2-4-6-37)30-64-38-10-7-35(8-11-38)53(74)68-22-15-33(16-23-68)29-67-20-17-34(18-21-67)36-9-12-39-42(27-36)70(31-56(60,61)62)66-52(39)69-24-19-45(72)65-54(69)75/h2-6,9,12-14,27-28,32-35,38,64,71H,7-8,10-11,15-26,29-31H2,1H3,(H2,63,73)(H,65,72,75). The summed E-state index contributed by atoms with van der Waals surface area (Å²) < 4.78 is 86.6. The quantitative estimate of drug-likeness (QED) is 0.0740. The number of carbonyl (C=O) groups is 4. The fourth-order valence-electron chi connectivity index (χ4n) is 12.4. The number of anilines is 1. The Balaban J connectivity index is 0.735. The number of fused-ring (bicyclic) bond motifs is 2. The van der Waals surface area contributed by atoms with E-state index in [1.54, 1.807) is 12.1 Å². The van der Waals surface area contributed by atoms with Gasteiger partial charge in [0.15, 0.2) is 23.0 Å². The Morgan fingerprint density at radius 3 is 2.34 bits per heavy atom. The number of aliphatic hydroxyl groups excluding tert-OH is 1. The van der Waals surface area contributed by atoms with Crippen molar-refractivity contribution in [3.63, 3.8) is 0 Å². The number of benzene rings is 4. The van der Waals surface area contributed by atoms with Gasteiger partial charge in [-0.1, -0.05) is 54.9 Å². The van der Waals surface area contributed by atoms with E-state index in [0.717, 1.165) is 74.0 Å². The van der Waals surface area contributed by atoms with Gasteiger partial charge in [0, 0.05) is 85.2 Å². The number of urea groups is 1. The van der Waals surface area contributed by atoms with Crippen molar-refractivity contribution in [3.05, 3.63) is 106 Å². The molecule has 410 valence electrons. The summed E-state index contributed by atoms with van der Waals surface area (Å²) >= 11 is 6.72. The molecule has 3 saturated heterocycles. The molecule has 4 fully saturated rings. The highest BCUT2D eigenvalue weighted by molar-refractivity contribution is 6.34. The number of likely N-dealkylation sites (tertiary alicyclic amines) is 2. The number of primary amides is 1. The summed E-state index contributed by atoms with van der Waals surface area (Å²) in [6.07, 6.45) is 1.82. The lowest BCUT2D eigenvalue weighted by atomic mass is 9.77. The molecule has 1 aliphatic carbocycles. The molecule has 1 aromatic heterocycles. The third-order valence-corrected chi connectivity index (χ3v) is 16.9. The van der Waals surface area contributed by atoms with Crippen molar-refractivity contribution in [3.8, 4) is 22.6 Å². The van der Waals surface area contributed by atoms with Crippen LogP contribution in [-0.4, -0.2) is 120 Å². The van der Waals surface area contributed by atoms with E-state index in [0.29, 0.717) is 42.8 Å². The van der Waals surface area contributed by atoms with Crippen LogP contribution >= 0.6 is 11.6 Å². The van der Waals surface area contributed by atoms with Gasteiger partial charge in [-0.15, -0.1) is 0 Å². The molecule has 5 amide bonds. The average Bonchev–Trinajstić information content (AvgIpc) is 4.10. The SMILES string of the molecule is CC1c2c(cc(F)c(Cl)c2-c2c(C(N)=O)ccc(OCCO)c2F)OC1(CNC1CCC(C(=O)N2CCC(CN3CCC(c4ccc5c(N6CCC(=O)NC6=O)nn(CC(F)(F)F)c5c4)CC3)CC2)CC1)c1ccccc1. The lowest BCUT2D eigenvalue weighted by Crippen LogP contribution is -2.49. The van der Waals surface area contributed by atoms with E-state index in [1.807, 2.05) is 48.2 Å². The van der Waals surface area contributed by atoms with E-state index in [2.05, 4.69) is 20.6 Å². The largest absolute Gasteiger partial charge is 0.488 e. The zero-order valence-electron chi connectivity index (χ0n) is 42.7. The molecule has 21 heteroatoms. The molecule has 4 aliphatic heterocycles. The smallest absolute Gasteiger partial charge is 0.408 e. The van der Waals surface area contributed by atoms with Crippen LogP contribution in [0.15, 0.2) is 66.7 Å². The number of nitrogens with two attached hydrogens (primary N) is 1. The predicted octanol–water partition coefficient (Wildman–Crippen LogP) is 8.77. The summed E-state index contributed by atoms with van der Waals surface area (Å²) in [7, 11) is 0. The minimum absolute atomic E-state index is 0.0212. The molecule has 2 atom stereocenters. The van der Waals surface area contributed by atoms with Gasteiger partial charge in [0.05, 0.1) is 22.7 Å². The molecule has 2 unspecified atom stereocenters. The number of nitrogens with zero attached hydrogens (tertiary/aromatic N) is 5. The van der Waals surface area contributed by atoms with Gasteiger partial charge < -0.3 is 35.4 Å². The van der Waals surface area contributed by atoms with Crippen molar-refractivity contribution in [1.82, 2.24) is 30.2 Å². The monoisotopic (exact) mass is 1090 g/mol. The molecule has 77 heavy (non-hydrogen) atoms. The predicted molar refractivity (Wildman–Crippen MR) is 278 cm³/mol.